The Kier molecular flexibility index (Phi) is 4.59. The monoisotopic (exact) mass is 343 g/mol. The zero-order valence-electron chi connectivity index (χ0n) is 12.8. The number of pyridine rings is 1. The third-order valence-electron chi connectivity index (χ3n) is 3.53. The highest BCUT2D eigenvalue weighted by atomic mass is 32.2. The molecule has 0 fully saturated rings. The highest BCUT2D eigenvalue weighted by Crippen LogP contribution is 2.23. The number of nitrogens with one attached hydrogen (secondary N) is 2. The molecule has 2 aromatic heterocycles. The molecule has 7 nitrogen and oxygen atoms in total. The maximum atomic E-state index is 11.4. The summed E-state index contributed by atoms with van der Waals surface area (Å²) in [5.41, 5.74) is 2.68. The molecule has 0 saturated heterocycles. The van der Waals surface area contributed by atoms with Gasteiger partial charge in [-0.25, -0.2) is 18.5 Å². The van der Waals surface area contributed by atoms with E-state index < -0.39 is 10.0 Å². The average molecular weight is 343 g/mol. The van der Waals surface area contributed by atoms with Crippen molar-refractivity contribution < 1.29 is 8.42 Å². The first-order chi connectivity index (χ1) is 11.5. The summed E-state index contributed by atoms with van der Waals surface area (Å²) in [6.07, 6.45) is 4.04. The van der Waals surface area contributed by atoms with Crippen molar-refractivity contribution in [1.29, 1.82) is 0 Å². The molecule has 0 aliphatic rings. The van der Waals surface area contributed by atoms with Crippen LogP contribution in [0.1, 0.15) is 5.56 Å². The summed E-state index contributed by atoms with van der Waals surface area (Å²) in [5.74, 6) is 0.740. The maximum absolute atomic E-state index is 11.4. The Morgan fingerprint density at radius 2 is 2.00 bits per heavy atom. The summed E-state index contributed by atoms with van der Waals surface area (Å²) in [6.45, 7) is 0.603. The smallest absolute Gasteiger partial charge is 0.238 e. The second-order valence-electron chi connectivity index (χ2n) is 5.24. The third-order valence-corrected chi connectivity index (χ3v) is 4.44. The van der Waals surface area contributed by atoms with Crippen molar-refractivity contribution >= 4 is 15.8 Å². The Morgan fingerprint density at radius 1 is 1.12 bits per heavy atom. The summed E-state index contributed by atoms with van der Waals surface area (Å²) in [6, 6.07) is 12.3. The number of H-pyrrole nitrogens is 1. The van der Waals surface area contributed by atoms with Crippen LogP contribution in [0.3, 0.4) is 0 Å². The second-order valence-corrected chi connectivity index (χ2v) is 6.80. The Morgan fingerprint density at radius 3 is 2.75 bits per heavy atom. The van der Waals surface area contributed by atoms with Crippen LogP contribution >= 0.6 is 0 Å². The fraction of sp³-hybridized carbons (Fsp3) is 0.125. The first-order valence-corrected chi connectivity index (χ1v) is 8.89. The molecule has 0 aliphatic heterocycles. The normalized spacial score (nSPS) is 11.4. The van der Waals surface area contributed by atoms with Crippen molar-refractivity contribution in [2.75, 3.05) is 11.9 Å². The number of nitrogens with zero attached hydrogens (tertiary/aromatic N) is 2. The fourth-order valence-corrected chi connectivity index (χ4v) is 2.96. The number of hydrogen-bond donors (Lipinski definition) is 3. The standard InChI is InChI=1S/C16H17N5O2S/c17-24(22,23)13-4-1-3-12(11-13)6-9-19-16-14(5-2-8-18-16)15-7-10-20-21-15/h1-5,7-8,10-11H,6,9H2,(H,18,19)(H,20,21)(H2,17,22,23). The van der Waals surface area contributed by atoms with Crippen LogP contribution < -0.4 is 10.5 Å². The minimum absolute atomic E-state index is 0.121. The molecule has 24 heavy (non-hydrogen) atoms. The van der Waals surface area contributed by atoms with Crippen molar-refractivity contribution in [3.05, 3.63) is 60.4 Å². The van der Waals surface area contributed by atoms with Gasteiger partial charge in [0, 0.05) is 24.5 Å². The summed E-state index contributed by atoms with van der Waals surface area (Å²) in [5, 5.41) is 15.3. The molecule has 3 rings (SSSR count). The molecule has 4 N–H and O–H groups in total. The summed E-state index contributed by atoms with van der Waals surface area (Å²) >= 11 is 0. The number of primary sulfonamides is 1. The van der Waals surface area contributed by atoms with Gasteiger partial charge in [0.05, 0.1) is 10.6 Å². The molecule has 1 aromatic carbocycles. The molecular formula is C16H17N5O2S. The molecular weight excluding hydrogens is 326 g/mol. The van der Waals surface area contributed by atoms with Gasteiger partial charge in [-0.15, -0.1) is 0 Å². The van der Waals surface area contributed by atoms with Crippen LogP contribution in [0, 0.1) is 0 Å². The Balaban J connectivity index is 1.70. The van der Waals surface area contributed by atoms with E-state index in [1.54, 1.807) is 24.5 Å². The summed E-state index contributed by atoms with van der Waals surface area (Å²) in [4.78, 5) is 4.47. The largest absolute Gasteiger partial charge is 0.369 e. The van der Waals surface area contributed by atoms with Crippen LogP contribution in [0.25, 0.3) is 11.3 Å². The Labute approximate surface area is 140 Å². The number of nitrogens with two attached hydrogens (primary N) is 1. The number of aromatic amines is 1. The molecule has 0 saturated carbocycles. The van der Waals surface area contributed by atoms with E-state index in [9.17, 15) is 8.42 Å². The first kappa shape index (κ1) is 16.2. The lowest BCUT2D eigenvalue weighted by Crippen LogP contribution is -2.13. The molecule has 8 heteroatoms. The molecule has 2 heterocycles. The van der Waals surface area contributed by atoms with E-state index >= 15 is 0 Å². The second kappa shape index (κ2) is 6.81. The van der Waals surface area contributed by atoms with E-state index in [2.05, 4.69) is 20.5 Å². The van der Waals surface area contributed by atoms with E-state index in [-0.39, 0.29) is 4.90 Å². The van der Waals surface area contributed by atoms with Gasteiger partial charge in [0.1, 0.15) is 5.82 Å². The highest BCUT2D eigenvalue weighted by molar-refractivity contribution is 7.89. The van der Waals surface area contributed by atoms with Gasteiger partial charge in [-0.05, 0) is 42.3 Å². The topological polar surface area (TPSA) is 114 Å². The quantitative estimate of drug-likeness (QED) is 0.631. The zero-order valence-corrected chi connectivity index (χ0v) is 13.6. The van der Waals surface area contributed by atoms with Gasteiger partial charge < -0.3 is 5.32 Å². The number of sulfonamides is 1. The van der Waals surface area contributed by atoms with Gasteiger partial charge in [0.2, 0.25) is 10.0 Å². The predicted molar refractivity (Wildman–Crippen MR) is 91.8 cm³/mol. The minimum Gasteiger partial charge on any atom is -0.369 e. The van der Waals surface area contributed by atoms with Crippen LogP contribution in [0.4, 0.5) is 5.82 Å². The molecule has 0 unspecified atom stereocenters. The van der Waals surface area contributed by atoms with Crippen molar-refractivity contribution in [3.8, 4) is 11.3 Å². The average Bonchev–Trinajstić information content (AvgIpc) is 3.09. The molecule has 0 bridgehead atoms. The third kappa shape index (κ3) is 3.79. The number of aromatic nitrogens is 3. The van der Waals surface area contributed by atoms with Gasteiger partial charge in [0.25, 0.3) is 0 Å². The van der Waals surface area contributed by atoms with Crippen LogP contribution in [0.2, 0.25) is 0 Å². The van der Waals surface area contributed by atoms with Crippen LogP contribution in [-0.2, 0) is 16.4 Å². The predicted octanol–water partition coefficient (Wildman–Crippen LogP) is 1.77. The lowest BCUT2D eigenvalue weighted by Gasteiger charge is -2.10. The zero-order chi connectivity index (χ0) is 17.0. The lowest BCUT2D eigenvalue weighted by molar-refractivity contribution is 0.597. The Bertz CT molecular complexity index is 923. The molecule has 3 aromatic rings. The van der Waals surface area contributed by atoms with Crippen molar-refractivity contribution in [2.24, 2.45) is 5.14 Å². The molecule has 0 atom stereocenters. The molecule has 0 spiro atoms. The van der Waals surface area contributed by atoms with Gasteiger partial charge >= 0.3 is 0 Å². The van der Waals surface area contributed by atoms with E-state index in [0.29, 0.717) is 13.0 Å². The van der Waals surface area contributed by atoms with E-state index in [1.807, 2.05) is 24.3 Å². The van der Waals surface area contributed by atoms with Gasteiger partial charge in [-0.1, -0.05) is 12.1 Å². The summed E-state index contributed by atoms with van der Waals surface area (Å²) < 4.78 is 22.8. The maximum Gasteiger partial charge on any atom is 0.238 e. The van der Waals surface area contributed by atoms with E-state index in [0.717, 1.165) is 22.6 Å². The lowest BCUT2D eigenvalue weighted by atomic mass is 10.1. The van der Waals surface area contributed by atoms with Gasteiger partial charge in [0.15, 0.2) is 0 Å². The summed E-state index contributed by atoms with van der Waals surface area (Å²) in [7, 11) is -3.68. The minimum atomic E-state index is -3.68. The number of rotatable bonds is 6. The van der Waals surface area contributed by atoms with Gasteiger partial charge in [-0.2, -0.15) is 5.10 Å². The first-order valence-electron chi connectivity index (χ1n) is 7.34. The van der Waals surface area contributed by atoms with Crippen molar-refractivity contribution in [3.63, 3.8) is 0 Å². The van der Waals surface area contributed by atoms with Crippen LogP contribution in [0.5, 0.6) is 0 Å². The highest BCUT2D eigenvalue weighted by Gasteiger charge is 2.09. The SMILES string of the molecule is NS(=O)(=O)c1cccc(CCNc2ncccc2-c2ccn[nH]2)c1. The van der Waals surface area contributed by atoms with Crippen LogP contribution in [0.15, 0.2) is 59.8 Å². The molecule has 0 aliphatic carbocycles. The Hall–Kier alpha value is -2.71. The molecule has 0 radical (unpaired) electrons. The number of hydrogen-bond acceptors (Lipinski definition) is 5. The van der Waals surface area contributed by atoms with Crippen molar-refractivity contribution in [1.82, 2.24) is 15.2 Å². The molecule has 0 amide bonds. The van der Waals surface area contributed by atoms with Crippen LogP contribution in [-0.4, -0.2) is 30.1 Å². The van der Waals surface area contributed by atoms with E-state index in [4.69, 9.17) is 5.14 Å². The van der Waals surface area contributed by atoms with Crippen molar-refractivity contribution in [2.45, 2.75) is 11.3 Å². The van der Waals surface area contributed by atoms with E-state index in [1.165, 1.54) is 6.07 Å². The number of benzene rings is 1. The molecule has 124 valence electrons. The van der Waals surface area contributed by atoms with Gasteiger partial charge in [-0.3, -0.25) is 5.10 Å². The number of anilines is 1. The fourth-order valence-electron chi connectivity index (χ4n) is 2.37.